The molecule has 0 aliphatic heterocycles. The van der Waals surface area contributed by atoms with Crippen molar-refractivity contribution in [2.45, 2.75) is 33.2 Å². The van der Waals surface area contributed by atoms with Crippen LogP contribution < -0.4 is 5.73 Å². The van der Waals surface area contributed by atoms with Crippen molar-refractivity contribution < 1.29 is 0 Å². The zero-order valence-electron chi connectivity index (χ0n) is 10.0. The third-order valence-corrected chi connectivity index (χ3v) is 3.83. The second kappa shape index (κ2) is 4.52. The van der Waals surface area contributed by atoms with Gasteiger partial charge in [0.25, 0.3) is 0 Å². The maximum absolute atomic E-state index is 6.16. The average molecular weight is 234 g/mol. The molecule has 2 rings (SSSR count). The second-order valence-electron chi connectivity index (χ2n) is 4.71. The van der Waals surface area contributed by atoms with Crippen molar-refractivity contribution >= 4 is 21.6 Å². The summed E-state index contributed by atoms with van der Waals surface area (Å²) in [7, 11) is 0. The zero-order valence-corrected chi connectivity index (χ0v) is 10.8. The summed E-state index contributed by atoms with van der Waals surface area (Å²) in [6, 6.07) is 6.37. The van der Waals surface area contributed by atoms with E-state index in [1.165, 1.54) is 10.3 Å². The first-order chi connectivity index (χ1) is 7.58. The van der Waals surface area contributed by atoms with Crippen LogP contribution in [0, 0.1) is 12.8 Å². The van der Waals surface area contributed by atoms with Crippen LogP contribution in [0.3, 0.4) is 0 Å². The van der Waals surface area contributed by atoms with Gasteiger partial charge in [-0.3, -0.25) is 0 Å². The van der Waals surface area contributed by atoms with E-state index in [4.69, 9.17) is 5.73 Å². The number of thiazole rings is 1. The number of rotatable bonds is 3. The number of fused-ring (bicyclic) bond motifs is 1. The van der Waals surface area contributed by atoms with Crippen LogP contribution in [0.1, 0.15) is 36.9 Å². The van der Waals surface area contributed by atoms with Gasteiger partial charge >= 0.3 is 0 Å². The summed E-state index contributed by atoms with van der Waals surface area (Å²) in [6.45, 7) is 6.48. The number of benzene rings is 1. The third kappa shape index (κ3) is 2.25. The quantitative estimate of drug-likeness (QED) is 0.880. The van der Waals surface area contributed by atoms with Crippen LogP contribution >= 0.6 is 11.3 Å². The summed E-state index contributed by atoms with van der Waals surface area (Å²) in [5, 5.41) is 1.07. The van der Waals surface area contributed by atoms with Gasteiger partial charge in [0.1, 0.15) is 5.01 Å². The number of nitrogens with two attached hydrogens (primary N) is 1. The largest absolute Gasteiger partial charge is 0.322 e. The molecule has 1 atom stereocenters. The van der Waals surface area contributed by atoms with Gasteiger partial charge in [0.15, 0.2) is 0 Å². The molecule has 0 radical (unpaired) electrons. The molecule has 1 heterocycles. The van der Waals surface area contributed by atoms with Crippen molar-refractivity contribution in [3.8, 4) is 0 Å². The lowest BCUT2D eigenvalue weighted by molar-refractivity contribution is 0.509. The Hall–Kier alpha value is -0.930. The molecule has 0 aliphatic rings. The van der Waals surface area contributed by atoms with Crippen LogP contribution in [-0.2, 0) is 0 Å². The Kier molecular flexibility index (Phi) is 3.26. The molecule has 2 N–H and O–H groups in total. The molecule has 2 nitrogen and oxygen atoms in total. The molecule has 3 heteroatoms. The Morgan fingerprint density at radius 1 is 1.38 bits per heavy atom. The van der Waals surface area contributed by atoms with E-state index < -0.39 is 0 Å². The van der Waals surface area contributed by atoms with Crippen LogP contribution in [0.4, 0.5) is 0 Å². The standard InChI is InChI=1S/C13H18N2S/c1-8(2)7-10(14)13-15-12-9(3)5-4-6-11(12)16-13/h4-6,8,10H,7,14H2,1-3H3. The van der Waals surface area contributed by atoms with Crippen molar-refractivity contribution in [1.29, 1.82) is 0 Å². The normalized spacial score (nSPS) is 13.6. The predicted octanol–water partition coefficient (Wildman–Crippen LogP) is 3.65. The highest BCUT2D eigenvalue weighted by Gasteiger charge is 2.13. The van der Waals surface area contributed by atoms with E-state index in [1.54, 1.807) is 11.3 Å². The van der Waals surface area contributed by atoms with Crippen LogP contribution in [0.2, 0.25) is 0 Å². The Bertz CT molecular complexity index is 488. The maximum Gasteiger partial charge on any atom is 0.111 e. The molecule has 0 aliphatic carbocycles. The molecule has 0 bridgehead atoms. The Morgan fingerprint density at radius 2 is 2.12 bits per heavy atom. The number of aryl methyl sites for hydroxylation is 1. The number of aromatic nitrogens is 1. The highest BCUT2D eigenvalue weighted by molar-refractivity contribution is 7.18. The lowest BCUT2D eigenvalue weighted by Crippen LogP contribution is -2.12. The summed E-state index contributed by atoms with van der Waals surface area (Å²) in [5.74, 6) is 0.614. The smallest absolute Gasteiger partial charge is 0.111 e. The van der Waals surface area contributed by atoms with Crippen LogP contribution in [0.15, 0.2) is 18.2 Å². The van der Waals surface area contributed by atoms with E-state index in [1.807, 2.05) is 0 Å². The number of nitrogens with zero attached hydrogens (tertiary/aromatic N) is 1. The van der Waals surface area contributed by atoms with Gasteiger partial charge < -0.3 is 5.73 Å². The van der Waals surface area contributed by atoms with Gasteiger partial charge in [-0.2, -0.15) is 0 Å². The van der Waals surface area contributed by atoms with Gasteiger partial charge in [0.2, 0.25) is 0 Å². The molecule has 0 fully saturated rings. The Balaban J connectivity index is 2.36. The molecule has 0 spiro atoms. The molecule has 1 aromatic carbocycles. The van der Waals surface area contributed by atoms with E-state index in [9.17, 15) is 0 Å². The molecule has 16 heavy (non-hydrogen) atoms. The van der Waals surface area contributed by atoms with E-state index >= 15 is 0 Å². The van der Waals surface area contributed by atoms with E-state index in [0.717, 1.165) is 16.9 Å². The van der Waals surface area contributed by atoms with Gasteiger partial charge in [-0.05, 0) is 30.9 Å². The molecule has 0 saturated heterocycles. The summed E-state index contributed by atoms with van der Waals surface area (Å²) in [6.07, 6.45) is 0.999. The Labute approximate surface area is 101 Å². The summed E-state index contributed by atoms with van der Waals surface area (Å²) >= 11 is 1.73. The van der Waals surface area contributed by atoms with Gasteiger partial charge in [0.05, 0.1) is 16.3 Å². The lowest BCUT2D eigenvalue weighted by Gasteiger charge is -2.10. The van der Waals surface area contributed by atoms with Crippen LogP contribution in [0.5, 0.6) is 0 Å². The molecular weight excluding hydrogens is 216 g/mol. The number of para-hydroxylation sites is 1. The third-order valence-electron chi connectivity index (χ3n) is 2.68. The molecule has 1 aromatic heterocycles. The first-order valence-corrected chi connectivity index (χ1v) is 6.51. The lowest BCUT2D eigenvalue weighted by atomic mass is 10.1. The fourth-order valence-corrected chi connectivity index (χ4v) is 2.93. The SMILES string of the molecule is Cc1cccc2sc(C(N)CC(C)C)nc12. The minimum atomic E-state index is 0.0804. The Morgan fingerprint density at radius 3 is 2.75 bits per heavy atom. The van der Waals surface area contributed by atoms with E-state index in [0.29, 0.717) is 5.92 Å². The van der Waals surface area contributed by atoms with Crippen molar-refractivity contribution in [2.75, 3.05) is 0 Å². The highest BCUT2D eigenvalue weighted by Crippen LogP contribution is 2.29. The second-order valence-corrected chi connectivity index (χ2v) is 5.77. The van der Waals surface area contributed by atoms with Crippen molar-refractivity contribution in [1.82, 2.24) is 4.98 Å². The topological polar surface area (TPSA) is 38.9 Å². The van der Waals surface area contributed by atoms with Gasteiger partial charge in [-0.25, -0.2) is 4.98 Å². The predicted molar refractivity (Wildman–Crippen MR) is 70.7 cm³/mol. The zero-order chi connectivity index (χ0) is 11.7. The van der Waals surface area contributed by atoms with E-state index in [-0.39, 0.29) is 6.04 Å². The fraction of sp³-hybridized carbons (Fsp3) is 0.462. The highest BCUT2D eigenvalue weighted by atomic mass is 32.1. The van der Waals surface area contributed by atoms with Crippen molar-refractivity contribution in [3.63, 3.8) is 0 Å². The summed E-state index contributed by atoms with van der Waals surface area (Å²) < 4.78 is 1.24. The molecule has 86 valence electrons. The minimum absolute atomic E-state index is 0.0804. The van der Waals surface area contributed by atoms with Gasteiger partial charge in [0, 0.05) is 0 Å². The monoisotopic (exact) mass is 234 g/mol. The van der Waals surface area contributed by atoms with E-state index in [2.05, 4.69) is 44.0 Å². The number of hydrogen-bond donors (Lipinski definition) is 1. The summed E-state index contributed by atoms with van der Waals surface area (Å²) in [5.41, 5.74) is 8.50. The van der Waals surface area contributed by atoms with Gasteiger partial charge in [-0.1, -0.05) is 26.0 Å². The van der Waals surface area contributed by atoms with Gasteiger partial charge in [-0.15, -0.1) is 11.3 Å². The molecule has 2 aromatic rings. The molecular formula is C13H18N2S. The molecule has 1 unspecified atom stereocenters. The molecule has 0 saturated carbocycles. The first-order valence-electron chi connectivity index (χ1n) is 5.69. The summed E-state index contributed by atoms with van der Waals surface area (Å²) in [4.78, 5) is 4.66. The maximum atomic E-state index is 6.16. The average Bonchev–Trinajstić information content (AvgIpc) is 2.61. The first kappa shape index (κ1) is 11.6. The fourth-order valence-electron chi connectivity index (χ4n) is 1.87. The molecule has 0 amide bonds. The minimum Gasteiger partial charge on any atom is -0.322 e. The van der Waals surface area contributed by atoms with Crippen LogP contribution in [-0.4, -0.2) is 4.98 Å². The van der Waals surface area contributed by atoms with Crippen molar-refractivity contribution in [2.24, 2.45) is 11.7 Å². The van der Waals surface area contributed by atoms with Crippen molar-refractivity contribution in [3.05, 3.63) is 28.8 Å². The number of hydrogen-bond acceptors (Lipinski definition) is 3. The van der Waals surface area contributed by atoms with Crippen LogP contribution in [0.25, 0.3) is 10.2 Å².